The van der Waals surface area contributed by atoms with Crippen molar-refractivity contribution in [1.29, 1.82) is 0 Å². The number of likely N-dealkylation sites (N-methyl/N-ethyl adjacent to an activating group) is 1. The SMILES string of the molecule is CN(C)CCOc1ccc(N/C(=C2\C(=O)Nc3cc(F)ccc32)c2cccc(CCC(=O)O)c2)cc1. The van der Waals surface area contributed by atoms with Crippen LogP contribution in [0.4, 0.5) is 15.8 Å². The maximum Gasteiger partial charge on any atom is 0.303 e. The average Bonchev–Trinajstić information content (AvgIpc) is 3.16. The first-order valence-electron chi connectivity index (χ1n) is 11.6. The van der Waals surface area contributed by atoms with Crippen LogP contribution in [-0.4, -0.2) is 49.1 Å². The van der Waals surface area contributed by atoms with Gasteiger partial charge in [0.05, 0.1) is 17.0 Å². The Balaban J connectivity index is 1.70. The number of fused-ring (bicyclic) bond motifs is 1. The fourth-order valence-electron chi connectivity index (χ4n) is 3.93. The molecule has 0 unspecified atom stereocenters. The van der Waals surface area contributed by atoms with Crippen LogP contribution in [0.2, 0.25) is 0 Å². The van der Waals surface area contributed by atoms with Crippen molar-refractivity contribution in [3.05, 3.63) is 89.2 Å². The molecule has 7 nitrogen and oxygen atoms in total. The Labute approximate surface area is 209 Å². The van der Waals surface area contributed by atoms with Crippen molar-refractivity contribution in [3.8, 4) is 5.75 Å². The summed E-state index contributed by atoms with van der Waals surface area (Å²) in [5.74, 6) is -0.939. The number of halogens is 1. The smallest absolute Gasteiger partial charge is 0.303 e. The van der Waals surface area contributed by atoms with E-state index in [0.717, 1.165) is 23.5 Å². The third-order valence-corrected chi connectivity index (χ3v) is 5.75. The first-order valence-corrected chi connectivity index (χ1v) is 11.6. The maximum absolute atomic E-state index is 13.8. The van der Waals surface area contributed by atoms with Gasteiger partial charge in [0.2, 0.25) is 0 Å². The number of carbonyl (C=O) groups excluding carboxylic acids is 1. The summed E-state index contributed by atoms with van der Waals surface area (Å²) in [6.45, 7) is 1.36. The van der Waals surface area contributed by atoms with Gasteiger partial charge in [-0.1, -0.05) is 18.2 Å². The van der Waals surface area contributed by atoms with Crippen molar-refractivity contribution in [2.45, 2.75) is 12.8 Å². The lowest BCUT2D eigenvalue weighted by atomic mass is 9.97. The van der Waals surface area contributed by atoms with E-state index in [4.69, 9.17) is 9.84 Å². The van der Waals surface area contributed by atoms with E-state index in [-0.39, 0.29) is 12.3 Å². The predicted octanol–water partition coefficient (Wildman–Crippen LogP) is 4.72. The van der Waals surface area contributed by atoms with Gasteiger partial charge in [-0.05, 0) is 80.2 Å². The Hall–Kier alpha value is -4.17. The molecule has 0 bridgehead atoms. The Morgan fingerprint density at radius 1 is 1.08 bits per heavy atom. The normalized spacial score (nSPS) is 13.8. The summed E-state index contributed by atoms with van der Waals surface area (Å²) >= 11 is 0. The molecule has 0 aromatic heterocycles. The number of anilines is 2. The molecule has 0 saturated heterocycles. The van der Waals surface area contributed by atoms with E-state index in [1.165, 1.54) is 12.1 Å². The molecular formula is C28H28FN3O4. The number of rotatable bonds is 10. The molecule has 3 aromatic rings. The monoisotopic (exact) mass is 489 g/mol. The number of benzene rings is 3. The molecule has 1 aliphatic rings. The molecule has 3 N–H and O–H groups in total. The quantitative estimate of drug-likeness (QED) is 0.357. The highest BCUT2D eigenvalue weighted by Crippen LogP contribution is 2.38. The van der Waals surface area contributed by atoms with Crippen LogP contribution >= 0.6 is 0 Å². The first-order chi connectivity index (χ1) is 17.3. The largest absolute Gasteiger partial charge is 0.492 e. The molecule has 186 valence electrons. The van der Waals surface area contributed by atoms with E-state index in [0.29, 0.717) is 41.1 Å². The zero-order chi connectivity index (χ0) is 25.7. The lowest BCUT2D eigenvalue weighted by Gasteiger charge is -2.16. The fraction of sp³-hybridized carbons (Fsp3) is 0.214. The predicted molar refractivity (Wildman–Crippen MR) is 138 cm³/mol. The molecule has 0 atom stereocenters. The number of carboxylic acids is 1. The van der Waals surface area contributed by atoms with Crippen molar-refractivity contribution in [1.82, 2.24) is 4.90 Å². The van der Waals surface area contributed by atoms with E-state index < -0.39 is 11.8 Å². The Bertz CT molecular complexity index is 1300. The van der Waals surface area contributed by atoms with Crippen LogP contribution in [0.25, 0.3) is 11.3 Å². The third-order valence-electron chi connectivity index (χ3n) is 5.75. The number of amides is 1. The molecule has 3 aromatic carbocycles. The van der Waals surface area contributed by atoms with Crippen LogP contribution < -0.4 is 15.4 Å². The highest BCUT2D eigenvalue weighted by Gasteiger charge is 2.29. The van der Waals surface area contributed by atoms with Gasteiger partial charge in [-0.2, -0.15) is 0 Å². The molecule has 0 radical (unpaired) electrons. The lowest BCUT2D eigenvalue weighted by molar-refractivity contribution is -0.137. The van der Waals surface area contributed by atoms with Gasteiger partial charge in [0, 0.05) is 24.2 Å². The number of ether oxygens (including phenoxy) is 1. The van der Waals surface area contributed by atoms with Crippen molar-refractivity contribution in [3.63, 3.8) is 0 Å². The van der Waals surface area contributed by atoms with Gasteiger partial charge in [-0.3, -0.25) is 9.59 Å². The second kappa shape index (κ2) is 11.0. The van der Waals surface area contributed by atoms with E-state index >= 15 is 0 Å². The number of nitrogens with one attached hydrogen (secondary N) is 2. The van der Waals surface area contributed by atoms with Crippen LogP contribution in [0.1, 0.15) is 23.1 Å². The van der Waals surface area contributed by atoms with E-state index in [1.54, 1.807) is 6.07 Å². The number of aryl methyl sites for hydroxylation is 1. The molecule has 0 aliphatic carbocycles. The van der Waals surface area contributed by atoms with Crippen molar-refractivity contribution < 1.29 is 23.8 Å². The molecule has 0 spiro atoms. The van der Waals surface area contributed by atoms with Gasteiger partial charge < -0.3 is 25.4 Å². The second-order valence-electron chi connectivity index (χ2n) is 8.79. The Morgan fingerprint density at radius 3 is 2.58 bits per heavy atom. The maximum atomic E-state index is 13.8. The number of hydrogen-bond donors (Lipinski definition) is 3. The number of carbonyl (C=O) groups is 2. The van der Waals surface area contributed by atoms with Gasteiger partial charge in [0.25, 0.3) is 5.91 Å². The highest BCUT2D eigenvalue weighted by atomic mass is 19.1. The van der Waals surface area contributed by atoms with Crippen molar-refractivity contribution >= 4 is 34.5 Å². The molecule has 8 heteroatoms. The van der Waals surface area contributed by atoms with Gasteiger partial charge >= 0.3 is 5.97 Å². The minimum Gasteiger partial charge on any atom is -0.492 e. The van der Waals surface area contributed by atoms with E-state index in [2.05, 4.69) is 10.6 Å². The summed E-state index contributed by atoms with van der Waals surface area (Å²) in [5.41, 5.74) is 4.19. The molecular weight excluding hydrogens is 461 g/mol. The van der Waals surface area contributed by atoms with E-state index in [1.807, 2.05) is 67.5 Å². The summed E-state index contributed by atoms with van der Waals surface area (Å²) in [4.78, 5) is 26.1. The topological polar surface area (TPSA) is 90.9 Å². The van der Waals surface area contributed by atoms with E-state index in [9.17, 15) is 14.0 Å². The van der Waals surface area contributed by atoms with Crippen LogP contribution in [0.15, 0.2) is 66.7 Å². The van der Waals surface area contributed by atoms with Crippen LogP contribution in [0, 0.1) is 5.82 Å². The van der Waals surface area contributed by atoms with Crippen LogP contribution in [0.5, 0.6) is 5.75 Å². The van der Waals surface area contributed by atoms with Gasteiger partial charge in [-0.15, -0.1) is 0 Å². The minimum atomic E-state index is -0.879. The second-order valence-corrected chi connectivity index (χ2v) is 8.79. The molecule has 36 heavy (non-hydrogen) atoms. The summed E-state index contributed by atoms with van der Waals surface area (Å²) in [5, 5.41) is 15.2. The van der Waals surface area contributed by atoms with Crippen LogP contribution in [-0.2, 0) is 16.0 Å². The van der Waals surface area contributed by atoms with Crippen molar-refractivity contribution in [2.24, 2.45) is 0 Å². The third kappa shape index (κ3) is 6.09. The fourth-order valence-corrected chi connectivity index (χ4v) is 3.93. The lowest BCUT2D eigenvalue weighted by Crippen LogP contribution is -2.19. The Kier molecular flexibility index (Phi) is 7.65. The van der Waals surface area contributed by atoms with Crippen LogP contribution in [0.3, 0.4) is 0 Å². The average molecular weight is 490 g/mol. The standard InChI is InChI=1S/C28H28FN3O4/c1-32(2)14-15-36-22-10-8-21(9-11-22)30-27(19-5-3-4-18(16-19)6-13-25(33)34)26-23-12-7-20(29)17-24(23)31-28(26)35/h3-5,7-12,16-17,30H,6,13-15H2,1-2H3,(H,31,35)(H,33,34)/b27-26-. The molecule has 1 heterocycles. The summed E-state index contributed by atoms with van der Waals surface area (Å²) in [6.07, 6.45) is 0.361. The molecule has 4 rings (SSSR count). The molecule has 0 saturated carbocycles. The summed E-state index contributed by atoms with van der Waals surface area (Å²) in [7, 11) is 3.96. The zero-order valence-corrected chi connectivity index (χ0v) is 20.2. The van der Waals surface area contributed by atoms with Gasteiger partial charge in [0.15, 0.2) is 0 Å². The Morgan fingerprint density at radius 2 is 1.86 bits per heavy atom. The first kappa shape index (κ1) is 24.9. The number of aliphatic carboxylic acids is 1. The molecule has 1 amide bonds. The van der Waals surface area contributed by atoms with Gasteiger partial charge in [0.1, 0.15) is 18.2 Å². The highest BCUT2D eigenvalue weighted by molar-refractivity contribution is 6.37. The molecule has 0 fully saturated rings. The number of hydrogen-bond acceptors (Lipinski definition) is 5. The number of carboxylic acid groups (broad SMARTS) is 1. The minimum absolute atomic E-state index is 0.000662. The number of nitrogens with zero attached hydrogens (tertiary/aromatic N) is 1. The summed E-state index contributed by atoms with van der Waals surface area (Å²) in [6, 6.07) is 19.0. The summed E-state index contributed by atoms with van der Waals surface area (Å²) < 4.78 is 19.6. The molecule has 1 aliphatic heterocycles. The van der Waals surface area contributed by atoms with Crippen molar-refractivity contribution in [2.75, 3.05) is 37.9 Å². The van der Waals surface area contributed by atoms with Gasteiger partial charge in [-0.25, -0.2) is 4.39 Å². The zero-order valence-electron chi connectivity index (χ0n) is 20.2.